The van der Waals surface area contributed by atoms with Crippen molar-refractivity contribution < 1.29 is 80.2 Å². The lowest BCUT2D eigenvalue weighted by atomic mass is 9.81. The molecule has 2 heterocycles. The Bertz CT molecular complexity index is 2980. The van der Waals surface area contributed by atoms with Crippen molar-refractivity contribution in [2.75, 3.05) is 54.7 Å². The van der Waals surface area contributed by atoms with Gasteiger partial charge in [-0.25, -0.2) is 8.78 Å². The van der Waals surface area contributed by atoms with Gasteiger partial charge in [0.25, 0.3) is 0 Å². The molecule has 0 radical (unpaired) electrons. The Labute approximate surface area is 691 Å². The van der Waals surface area contributed by atoms with Crippen LogP contribution in [0.3, 0.4) is 0 Å². The van der Waals surface area contributed by atoms with Crippen LogP contribution in [0.15, 0.2) is 84.9 Å². The van der Waals surface area contributed by atoms with Crippen LogP contribution in [0, 0.1) is 34.3 Å². The molecule has 15 heteroatoms. The summed E-state index contributed by atoms with van der Waals surface area (Å²) in [5, 5.41) is 28.9. The molecule has 624 valence electrons. The van der Waals surface area contributed by atoms with E-state index in [9.17, 15) is 38.8 Å². The molecule has 0 N–H and O–H groups in total. The summed E-state index contributed by atoms with van der Waals surface area (Å²) in [6.45, 7) is 9.91. The van der Waals surface area contributed by atoms with E-state index >= 15 is 0 Å². The summed E-state index contributed by atoms with van der Waals surface area (Å²) in [5.74, 6) is -1.69. The highest BCUT2D eigenvalue weighted by Gasteiger charge is 2.44. The first-order chi connectivity index (χ1) is 53.4. The molecule has 0 amide bonds. The minimum atomic E-state index is -0.903. The summed E-state index contributed by atoms with van der Waals surface area (Å²) >= 11 is 0. The number of carboxylic acid groups (broad SMARTS) is 1. The molecular weight excluding hydrogens is 1500 g/mol. The SMILES string of the molecule is CCCCCCCCCCCCCCCCCC(=O)OC[N+](C)(C)CCCC1(c2ccc(F)cc2)OCc2cc(C#N)ccc21.CCCCCCCCCCCCCCCCCC(=O)OC[N+](C)(C)CCCC1(c2ccc(F)cc2)OCc2cc(C#N)ccc21.CCCCCCCCCCCCCCCCCC(=O)[O-].[I-]. The average molecular weight is 1650 g/mol. The van der Waals surface area contributed by atoms with Crippen molar-refractivity contribution in [1.29, 1.82) is 10.5 Å². The zero-order chi connectivity index (χ0) is 79.7. The van der Waals surface area contributed by atoms with Gasteiger partial charge >= 0.3 is 11.9 Å². The zero-order valence-electron chi connectivity index (χ0n) is 70.8. The van der Waals surface area contributed by atoms with Crippen LogP contribution < -0.4 is 29.1 Å². The number of hydrogen-bond acceptors (Lipinski definition) is 10. The molecule has 2 atom stereocenters. The smallest absolute Gasteiger partial charge is 0.310 e. The fourth-order valence-electron chi connectivity index (χ4n) is 15.7. The lowest BCUT2D eigenvalue weighted by Gasteiger charge is -2.33. The number of aliphatic carboxylic acids is 1. The molecule has 0 aromatic heterocycles. The van der Waals surface area contributed by atoms with E-state index in [0.717, 1.165) is 97.8 Å². The Hall–Kier alpha value is -5.30. The Morgan fingerprint density at radius 1 is 0.387 bits per heavy atom. The number of esters is 2. The maximum Gasteiger partial charge on any atom is 0.310 e. The fraction of sp³-hybridized carbons (Fsp3) is 0.698. The van der Waals surface area contributed by atoms with Crippen LogP contribution in [0.5, 0.6) is 0 Å². The van der Waals surface area contributed by atoms with E-state index in [0.29, 0.717) is 72.5 Å². The number of nitriles is 2. The number of quaternary nitrogens is 2. The predicted molar refractivity (Wildman–Crippen MR) is 444 cm³/mol. The van der Waals surface area contributed by atoms with Crippen LogP contribution in [0.1, 0.15) is 399 Å². The van der Waals surface area contributed by atoms with E-state index in [1.165, 1.54) is 275 Å². The second kappa shape index (κ2) is 61.1. The molecule has 2 aliphatic heterocycles. The topological polar surface area (TPSA) is 159 Å². The molecule has 4 aromatic carbocycles. The van der Waals surface area contributed by atoms with Crippen molar-refractivity contribution >= 4 is 17.9 Å². The van der Waals surface area contributed by atoms with Crippen molar-refractivity contribution in [3.63, 3.8) is 0 Å². The van der Waals surface area contributed by atoms with E-state index in [1.54, 1.807) is 24.3 Å². The second-order valence-corrected chi connectivity index (χ2v) is 33.5. The third-order valence-electron chi connectivity index (χ3n) is 22.6. The quantitative estimate of drug-likeness (QED) is 0.0137. The van der Waals surface area contributed by atoms with Crippen molar-refractivity contribution in [2.24, 2.45) is 0 Å². The van der Waals surface area contributed by atoms with Gasteiger partial charge in [0.2, 0.25) is 13.5 Å². The first-order valence-corrected chi connectivity index (χ1v) is 44.4. The fourth-order valence-corrected chi connectivity index (χ4v) is 15.7. The summed E-state index contributed by atoms with van der Waals surface area (Å²) in [6.07, 6.45) is 63.1. The van der Waals surface area contributed by atoms with Crippen molar-refractivity contribution in [1.82, 2.24) is 0 Å². The molecule has 0 saturated carbocycles. The Kier molecular flexibility index (Phi) is 55.0. The van der Waals surface area contributed by atoms with Crippen molar-refractivity contribution in [3.8, 4) is 12.1 Å². The molecule has 0 spiro atoms. The molecular formula is C96H151F2IN4O8. The number of unbranched alkanes of at least 4 members (excludes halogenated alkanes) is 42. The zero-order valence-corrected chi connectivity index (χ0v) is 72.9. The summed E-state index contributed by atoms with van der Waals surface area (Å²) < 4.78 is 52.9. The van der Waals surface area contributed by atoms with Crippen LogP contribution in [0.2, 0.25) is 0 Å². The number of halogens is 3. The van der Waals surface area contributed by atoms with E-state index in [-0.39, 0.29) is 54.0 Å². The molecule has 4 aromatic rings. The highest BCUT2D eigenvalue weighted by molar-refractivity contribution is 5.69. The van der Waals surface area contributed by atoms with Crippen LogP contribution >= 0.6 is 0 Å². The highest BCUT2D eigenvalue weighted by atomic mass is 127. The molecule has 0 fully saturated rings. The molecule has 2 aliphatic rings. The number of carbonyl (C=O) groups excluding carboxylic acids is 3. The van der Waals surface area contributed by atoms with Crippen molar-refractivity contribution in [2.45, 2.75) is 379 Å². The van der Waals surface area contributed by atoms with Gasteiger partial charge in [-0.05, 0) is 120 Å². The van der Waals surface area contributed by atoms with E-state index < -0.39 is 17.2 Å². The highest BCUT2D eigenvalue weighted by Crippen LogP contribution is 2.47. The van der Waals surface area contributed by atoms with Gasteiger partial charge in [0.05, 0.1) is 77.8 Å². The molecule has 6 rings (SSSR count). The van der Waals surface area contributed by atoms with Gasteiger partial charge in [0, 0.05) is 31.7 Å². The molecule has 0 saturated heterocycles. The Morgan fingerprint density at radius 2 is 0.640 bits per heavy atom. The standard InChI is InChI=1S/2C39H58FN2O3.C18H36O2.HI/c2*1-4-5-6-7-8-9-10-11-12-13-14-15-16-17-18-20-38(43)44-32-42(2,3)28-19-27-39(35-22-24-36(40)25-23-35)37-26-21-33(30-41)29-34(37)31-45-39;1-2-3-4-5-6-7-8-9-10-11-12-13-14-15-16-17-18(19)20;/h2*21-26,29H,4-20,27-28,31-32H2,1-3H3;2-17H2,1H3,(H,19,20);1H/q2*+1;;/p-2. The number of hydrogen-bond donors (Lipinski definition) is 0. The molecule has 0 aliphatic carbocycles. The average Bonchev–Trinajstić information content (AvgIpc) is 1.62. The molecule has 12 nitrogen and oxygen atoms in total. The van der Waals surface area contributed by atoms with Crippen LogP contribution in [0.25, 0.3) is 0 Å². The monoisotopic (exact) mass is 1650 g/mol. The molecule has 0 bridgehead atoms. The van der Waals surface area contributed by atoms with Crippen LogP contribution in [-0.4, -0.2) is 81.6 Å². The second-order valence-electron chi connectivity index (χ2n) is 33.5. The predicted octanol–water partition coefficient (Wildman–Crippen LogP) is 22.2. The van der Waals surface area contributed by atoms with E-state index in [2.05, 4.69) is 61.1 Å². The van der Waals surface area contributed by atoms with Gasteiger partial charge in [-0.3, -0.25) is 18.6 Å². The van der Waals surface area contributed by atoms with E-state index in [1.807, 2.05) is 36.4 Å². The van der Waals surface area contributed by atoms with Gasteiger partial charge in [-0.1, -0.05) is 327 Å². The van der Waals surface area contributed by atoms with Gasteiger partial charge in [0.15, 0.2) is 0 Å². The lowest BCUT2D eigenvalue weighted by Crippen LogP contribution is -3.00. The maximum absolute atomic E-state index is 13.8. The summed E-state index contributed by atoms with van der Waals surface area (Å²) in [5.41, 5.74) is 5.72. The van der Waals surface area contributed by atoms with Gasteiger partial charge in [-0.15, -0.1) is 0 Å². The third-order valence-corrected chi connectivity index (χ3v) is 22.6. The van der Waals surface area contributed by atoms with Gasteiger partial charge in [-0.2, -0.15) is 10.5 Å². The van der Waals surface area contributed by atoms with E-state index in [4.69, 9.17) is 18.9 Å². The normalized spacial score (nSPS) is 14.9. The third kappa shape index (κ3) is 43.3. The Balaban J connectivity index is 0.000000461. The largest absolute Gasteiger partial charge is 1.00 e. The minimum Gasteiger partial charge on any atom is -1.00 e. The minimum absolute atomic E-state index is 0. The number of nitrogens with zero attached hydrogens (tertiary/aromatic N) is 4. The first-order valence-electron chi connectivity index (χ1n) is 44.4. The number of ether oxygens (including phenoxy) is 4. The van der Waals surface area contributed by atoms with Crippen LogP contribution in [0.4, 0.5) is 8.78 Å². The number of rotatable bonds is 62. The number of benzene rings is 4. The first kappa shape index (κ1) is 99.9. The summed E-state index contributed by atoms with van der Waals surface area (Å²) in [7, 11) is 8.31. The van der Waals surface area contributed by atoms with Gasteiger partial charge in [0.1, 0.15) is 22.8 Å². The van der Waals surface area contributed by atoms with Crippen molar-refractivity contribution in [3.05, 3.63) is 141 Å². The molecule has 111 heavy (non-hydrogen) atoms. The maximum atomic E-state index is 13.8. The number of fused-ring (bicyclic) bond motifs is 2. The number of carboxylic acids is 1. The summed E-state index contributed by atoms with van der Waals surface area (Å²) in [4.78, 5) is 35.1. The summed E-state index contributed by atoms with van der Waals surface area (Å²) in [6, 6.07) is 28.9. The lowest BCUT2D eigenvalue weighted by molar-refractivity contribution is -0.907. The van der Waals surface area contributed by atoms with Gasteiger partial charge < -0.3 is 52.8 Å². The molecule has 2 unspecified atom stereocenters. The number of carbonyl (C=O) groups is 3. The Morgan fingerprint density at radius 3 is 0.892 bits per heavy atom. The van der Waals surface area contributed by atoms with Crippen LogP contribution in [-0.2, 0) is 57.7 Å².